The fourth-order valence-electron chi connectivity index (χ4n) is 3.81. The van der Waals surface area contributed by atoms with Crippen molar-refractivity contribution in [1.29, 1.82) is 0 Å². The third kappa shape index (κ3) is 3.03. The third-order valence-corrected chi connectivity index (χ3v) is 5.20. The Morgan fingerprint density at radius 3 is 2.29 bits per heavy atom. The van der Waals surface area contributed by atoms with Crippen LogP contribution in [-0.2, 0) is 0 Å². The van der Waals surface area contributed by atoms with Gasteiger partial charge in [0.1, 0.15) is 0 Å². The second-order valence-electron chi connectivity index (χ2n) is 6.21. The van der Waals surface area contributed by atoms with Gasteiger partial charge in [-0.2, -0.15) is 0 Å². The Hall–Kier alpha value is -0.0800. The lowest BCUT2D eigenvalue weighted by molar-refractivity contribution is 0.0875. The van der Waals surface area contributed by atoms with E-state index >= 15 is 0 Å². The minimum atomic E-state index is 0.365. The van der Waals surface area contributed by atoms with Crippen molar-refractivity contribution in [2.24, 2.45) is 11.7 Å². The lowest BCUT2D eigenvalue weighted by Crippen LogP contribution is -2.53. The summed E-state index contributed by atoms with van der Waals surface area (Å²) in [6.07, 6.45) is 12.5. The molecule has 100 valence electrons. The number of nitrogens with two attached hydrogens (primary N) is 1. The van der Waals surface area contributed by atoms with E-state index in [1.54, 1.807) is 0 Å². The second kappa shape index (κ2) is 6.19. The van der Waals surface area contributed by atoms with E-state index in [2.05, 4.69) is 11.8 Å². The molecule has 1 saturated heterocycles. The molecule has 2 aliphatic rings. The summed E-state index contributed by atoms with van der Waals surface area (Å²) < 4.78 is 0. The zero-order valence-corrected chi connectivity index (χ0v) is 11.6. The number of nitrogens with zero attached hydrogens (tertiary/aromatic N) is 1. The van der Waals surface area contributed by atoms with Crippen LogP contribution in [0.15, 0.2) is 0 Å². The van der Waals surface area contributed by atoms with Gasteiger partial charge < -0.3 is 5.73 Å². The fourth-order valence-corrected chi connectivity index (χ4v) is 3.81. The highest BCUT2D eigenvalue weighted by Crippen LogP contribution is 2.35. The van der Waals surface area contributed by atoms with Crippen LogP contribution in [0.1, 0.15) is 64.7 Å². The third-order valence-electron chi connectivity index (χ3n) is 5.20. The predicted molar refractivity (Wildman–Crippen MR) is 74.1 cm³/mol. The number of hydrogen-bond acceptors (Lipinski definition) is 2. The van der Waals surface area contributed by atoms with Gasteiger partial charge in [0.15, 0.2) is 0 Å². The first-order valence-corrected chi connectivity index (χ1v) is 7.76. The Morgan fingerprint density at radius 1 is 1.12 bits per heavy atom. The van der Waals surface area contributed by atoms with Gasteiger partial charge in [-0.05, 0) is 31.7 Å². The molecular formula is C15H30N2. The molecule has 2 heteroatoms. The van der Waals surface area contributed by atoms with Crippen molar-refractivity contribution in [1.82, 2.24) is 4.90 Å². The van der Waals surface area contributed by atoms with Crippen LogP contribution >= 0.6 is 0 Å². The average molecular weight is 238 g/mol. The van der Waals surface area contributed by atoms with Crippen molar-refractivity contribution in [2.45, 2.75) is 70.3 Å². The van der Waals surface area contributed by atoms with Crippen LogP contribution in [-0.4, -0.2) is 30.1 Å². The van der Waals surface area contributed by atoms with E-state index in [0.29, 0.717) is 5.54 Å². The Balaban J connectivity index is 2.01. The zero-order chi connectivity index (χ0) is 12.1. The van der Waals surface area contributed by atoms with E-state index in [4.69, 9.17) is 5.73 Å². The molecule has 0 aromatic rings. The summed E-state index contributed by atoms with van der Waals surface area (Å²) in [5, 5.41) is 0. The molecule has 17 heavy (non-hydrogen) atoms. The molecule has 0 radical (unpaired) electrons. The van der Waals surface area contributed by atoms with Crippen LogP contribution in [0, 0.1) is 5.92 Å². The predicted octanol–water partition coefficient (Wildman–Crippen LogP) is 3.16. The molecule has 0 bridgehead atoms. The Kier molecular flexibility index (Phi) is 4.87. The standard InChI is InChI=1S/C15H30N2/c1-2-14-8-11-17(12-14)15(13-16)9-6-4-3-5-7-10-15/h14H,2-13,16H2,1H3. The van der Waals surface area contributed by atoms with Crippen molar-refractivity contribution in [3.8, 4) is 0 Å². The second-order valence-corrected chi connectivity index (χ2v) is 6.21. The molecule has 1 aliphatic carbocycles. The smallest absolute Gasteiger partial charge is 0.0331 e. The van der Waals surface area contributed by atoms with E-state index < -0.39 is 0 Å². The minimum absolute atomic E-state index is 0.365. The summed E-state index contributed by atoms with van der Waals surface area (Å²) in [5.41, 5.74) is 6.55. The average Bonchev–Trinajstić information content (AvgIpc) is 2.79. The van der Waals surface area contributed by atoms with E-state index in [1.165, 1.54) is 70.9 Å². The summed E-state index contributed by atoms with van der Waals surface area (Å²) in [5.74, 6) is 0.934. The highest BCUT2D eigenvalue weighted by atomic mass is 15.2. The number of rotatable bonds is 3. The van der Waals surface area contributed by atoms with Crippen LogP contribution in [0.25, 0.3) is 0 Å². The quantitative estimate of drug-likeness (QED) is 0.818. The molecule has 0 spiro atoms. The first-order chi connectivity index (χ1) is 8.30. The van der Waals surface area contributed by atoms with Gasteiger partial charge in [-0.3, -0.25) is 4.90 Å². The topological polar surface area (TPSA) is 29.3 Å². The molecule has 2 nitrogen and oxygen atoms in total. The molecule has 1 saturated carbocycles. The summed E-state index contributed by atoms with van der Waals surface area (Å²) in [7, 11) is 0. The number of likely N-dealkylation sites (tertiary alicyclic amines) is 1. The molecule has 0 aromatic heterocycles. The Morgan fingerprint density at radius 2 is 1.76 bits per heavy atom. The lowest BCUT2D eigenvalue weighted by atomic mass is 9.82. The Bertz CT molecular complexity index is 219. The highest BCUT2D eigenvalue weighted by Gasteiger charge is 2.38. The van der Waals surface area contributed by atoms with Crippen LogP contribution < -0.4 is 5.73 Å². The maximum Gasteiger partial charge on any atom is 0.0331 e. The summed E-state index contributed by atoms with van der Waals surface area (Å²) >= 11 is 0. The van der Waals surface area contributed by atoms with Gasteiger partial charge in [-0.25, -0.2) is 0 Å². The van der Waals surface area contributed by atoms with E-state index in [0.717, 1.165) is 12.5 Å². The van der Waals surface area contributed by atoms with Crippen molar-refractivity contribution >= 4 is 0 Å². The molecule has 0 amide bonds. The lowest BCUT2D eigenvalue weighted by Gasteiger charge is -2.43. The van der Waals surface area contributed by atoms with Crippen LogP contribution in [0.4, 0.5) is 0 Å². The molecule has 1 aliphatic heterocycles. The maximum atomic E-state index is 6.18. The van der Waals surface area contributed by atoms with Crippen LogP contribution in [0.2, 0.25) is 0 Å². The molecule has 2 N–H and O–H groups in total. The largest absolute Gasteiger partial charge is 0.329 e. The normalized spacial score (nSPS) is 31.1. The van der Waals surface area contributed by atoms with E-state index in [1.807, 2.05) is 0 Å². The van der Waals surface area contributed by atoms with Crippen LogP contribution in [0.3, 0.4) is 0 Å². The van der Waals surface area contributed by atoms with E-state index in [-0.39, 0.29) is 0 Å². The first-order valence-electron chi connectivity index (χ1n) is 7.76. The Labute approximate surface area is 107 Å². The van der Waals surface area contributed by atoms with Gasteiger partial charge >= 0.3 is 0 Å². The van der Waals surface area contributed by atoms with Crippen molar-refractivity contribution < 1.29 is 0 Å². The molecular weight excluding hydrogens is 208 g/mol. The minimum Gasteiger partial charge on any atom is -0.329 e. The summed E-state index contributed by atoms with van der Waals surface area (Å²) in [6.45, 7) is 5.83. The van der Waals surface area contributed by atoms with Gasteiger partial charge in [-0.1, -0.05) is 45.4 Å². The molecule has 1 atom stereocenters. The van der Waals surface area contributed by atoms with Gasteiger partial charge in [0, 0.05) is 18.6 Å². The van der Waals surface area contributed by atoms with Gasteiger partial charge in [-0.15, -0.1) is 0 Å². The van der Waals surface area contributed by atoms with Crippen molar-refractivity contribution in [2.75, 3.05) is 19.6 Å². The molecule has 0 aromatic carbocycles. The van der Waals surface area contributed by atoms with Gasteiger partial charge in [0.2, 0.25) is 0 Å². The first kappa shape index (κ1) is 13.4. The molecule has 2 fully saturated rings. The summed E-state index contributed by atoms with van der Waals surface area (Å²) in [6, 6.07) is 0. The monoisotopic (exact) mass is 238 g/mol. The van der Waals surface area contributed by atoms with Crippen molar-refractivity contribution in [3.63, 3.8) is 0 Å². The number of hydrogen-bond donors (Lipinski definition) is 1. The van der Waals surface area contributed by atoms with Crippen molar-refractivity contribution in [3.05, 3.63) is 0 Å². The van der Waals surface area contributed by atoms with Gasteiger partial charge in [0.05, 0.1) is 0 Å². The summed E-state index contributed by atoms with van der Waals surface area (Å²) in [4.78, 5) is 2.76. The molecule has 1 unspecified atom stereocenters. The molecule has 1 heterocycles. The van der Waals surface area contributed by atoms with E-state index in [9.17, 15) is 0 Å². The SMILES string of the molecule is CCC1CCN(C2(CN)CCCCCCC2)C1. The highest BCUT2D eigenvalue weighted by molar-refractivity contribution is 4.95. The van der Waals surface area contributed by atoms with Crippen LogP contribution in [0.5, 0.6) is 0 Å². The molecule has 2 rings (SSSR count). The van der Waals surface area contributed by atoms with Gasteiger partial charge in [0.25, 0.3) is 0 Å². The zero-order valence-electron chi connectivity index (χ0n) is 11.6. The fraction of sp³-hybridized carbons (Fsp3) is 1.00. The maximum absolute atomic E-state index is 6.18.